The lowest BCUT2D eigenvalue weighted by atomic mass is 9.88. The quantitative estimate of drug-likeness (QED) is 0.0479. The second-order valence-electron chi connectivity index (χ2n) is 20.1. The number of amides is 2. The lowest BCUT2D eigenvalue weighted by Crippen LogP contribution is -2.71. The van der Waals surface area contributed by atoms with Crippen molar-refractivity contribution in [3.63, 3.8) is 0 Å². The van der Waals surface area contributed by atoms with Gasteiger partial charge >= 0.3 is 5.97 Å². The number of hydrogen-bond donors (Lipinski definition) is 23. The number of carbonyl (C=O) groups is 3. The Morgan fingerprint density at radius 3 is 1.44 bits per heavy atom. The second-order valence-corrected chi connectivity index (χ2v) is 20.1. The summed E-state index contributed by atoms with van der Waals surface area (Å²) in [6.07, 6.45) is -61.2. The van der Waals surface area contributed by atoms with Crippen LogP contribution in [0.25, 0.3) is 0 Å². The summed E-state index contributed by atoms with van der Waals surface area (Å²) in [7, 11) is 0. The minimum Gasteiger partial charge on any atom is -0.477 e. The number of ether oxygens (including phenoxy) is 11. The molecular weight excluding hydrogens is 1120 g/mol. The van der Waals surface area contributed by atoms with E-state index in [0.29, 0.717) is 0 Å². The van der Waals surface area contributed by atoms with Crippen LogP contribution in [0.2, 0.25) is 0 Å². The number of carboxylic acids is 1. The molecule has 470 valence electrons. The van der Waals surface area contributed by atoms with Crippen molar-refractivity contribution < 1.29 is 174 Å². The summed E-state index contributed by atoms with van der Waals surface area (Å²) in [5.41, 5.74) is 0. The highest BCUT2D eigenvalue weighted by molar-refractivity contribution is 5.76. The summed E-state index contributed by atoms with van der Waals surface area (Å²) >= 11 is 0. The average Bonchev–Trinajstić information content (AvgIpc) is 3.51. The maximum Gasteiger partial charge on any atom is 0.364 e. The van der Waals surface area contributed by atoms with Gasteiger partial charge in [0.25, 0.3) is 5.79 Å². The van der Waals surface area contributed by atoms with Crippen LogP contribution in [0.1, 0.15) is 20.3 Å². The van der Waals surface area contributed by atoms with Crippen LogP contribution < -0.4 is 10.6 Å². The molecule has 37 heteroatoms. The van der Waals surface area contributed by atoms with Crippen molar-refractivity contribution in [1.29, 1.82) is 0 Å². The van der Waals surface area contributed by atoms with Crippen LogP contribution in [0.3, 0.4) is 0 Å². The van der Waals surface area contributed by atoms with Gasteiger partial charge in [0.1, 0.15) is 146 Å². The number of rotatable bonds is 22. The van der Waals surface area contributed by atoms with E-state index >= 15 is 0 Å². The van der Waals surface area contributed by atoms with E-state index in [1.807, 2.05) is 0 Å². The number of aliphatic hydroxyl groups is 20. The summed E-state index contributed by atoms with van der Waals surface area (Å²) in [5.74, 6) is -7.06. The zero-order valence-electron chi connectivity index (χ0n) is 43.0. The lowest BCUT2D eigenvalue weighted by Gasteiger charge is -2.51. The van der Waals surface area contributed by atoms with Crippen LogP contribution in [0.4, 0.5) is 0 Å². The third kappa shape index (κ3) is 14.4. The highest BCUT2D eigenvalue weighted by Crippen LogP contribution is 2.40. The van der Waals surface area contributed by atoms with Gasteiger partial charge in [0.05, 0.1) is 51.8 Å². The molecule has 0 aliphatic carbocycles. The molecule has 6 heterocycles. The first-order valence-electron chi connectivity index (χ1n) is 25.3. The molecule has 0 radical (unpaired) electrons. The van der Waals surface area contributed by atoms with E-state index in [4.69, 9.17) is 52.1 Å². The smallest absolute Gasteiger partial charge is 0.364 e. The molecule has 37 nitrogen and oxygen atoms in total. The first-order valence-corrected chi connectivity index (χ1v) is 25.3. The summed E-state index contributed by atoms with van der Waals surface area (Å²) in [5, 5.41) is 229. The maximum atomic E-state index is 13.0. The number of aliphatic hydroxyl groups excluding tert-OH is 20. The molecule has 6 aliphatic rings. The van der Waals surface area contributed by atoms with Gasteiger partial charge in [-0.15, -0.1) is 0 Å². The van der Waals surface area contributed by atoms with E-state index in [2.05, 4.69) is 10.6 Å². The molecule has 1 unspecified atom stereocenters. The lowest BCUT2D eigenvalue weighted by molar-refractivity contribution is -0.393. The van der Waals surface area contributed by atoms with Gasteiger partial charge < -0.3 is 170 Å². The summed E-state index contributed by atoms with van der Waals surface area (Å²) in [6, 6.07) is -3.58. The molecule has 6 rings (SSSR count). The fraction of sp³-hybridized carbons (Fsp3) is 0.932. The highest BCUT2D eigenvalue weighted by Gasteiger charge is 2.62. The SMILES string of the molecule is CC(=O)N[C@H]1[C@H](O[C@H]2[C@@H](O)[C@@H](CO)O[C@@H](O[C@H]3[C@H](O)[C@@H](O)[C@H](O[C@H]4[C@H](O)[C@H](O)[C@@H](O)O[C@@H]4[C@@H](O)CO)O[C@@H]3CO)[C@@H]2O)O[C@H](CO)[C@@H](O[C@@H]2O[C@H](CO)[C@H](O)[C@H](OC3(C(=O)O)C[C@H](O)[C@@H](NC(C)=O)[C@H]([C@H](O)[C@H](O)CO)O3)[C@H]2O)[C@@H]1O. The number of carboxylic acid groups (broad SMARTS) is 1. The molecule has 0 saturated carbocycles. The monoisotopic (exact) mass is 1190 g/mol. The number of carbonyl (C=O) groups excluding carboxylic acids is 2. The van der Waals surface area contributed by atoms with Gasteiger partial charge in [-0.25, -0.2) is 4.79 Å². The topological polar surface area (TPSA) is 602 Å². The van der Waals surface area contributed by atoms with Gasteiger partial charge in [0.15, 0.2) is 31.5 Å². The van der Waals surface area contributed by atoms with Gasteiger partial charge in [-0.3, -0.25) is 9.59 Å². The standard InChI is InChI=1S/C44H74N2O35/c1-10(53)45-19-12(55)3-44(43(69)70,80-34(19)21(58)13(56)4-47)81-36-23(60)16(7-50)72-42(30(36)67)76-32-17(8-51)73-39(20(24(32)61)46-11(2)54)78-35-22(59)15(6-49)71-41(29(35)66)77-33-18(9-52)74-40(28(65)26(33)63)79-37-25(62)27(64)38(68)75-31(37)14(57)5-48/h12-42,47-52,55-68H,3-9H2,1-2H3,(H,45,53)(H,46,54)(H,69,70)/t12-,13+,14-,15+,16+,17+,18+,19+,20+,21+,22-,23-,24+,25+,26+,27-,28+,29+,30+,31+,32+,33+,34+,35-,36-,37-,38-,39-,40-,41-,42-,44?/m0/s1. The molecule has 23 N–H and O–H groups in total. The van der Waals surface area contributed by atoms with Crippen LogP contribution in [-0.2, 0) is 66.5 Å². The number of aliphatic carboxylic acids is 1. The molecule has 0 aromatic heterocycles. The molecule has 81 heavy (non-hydrogen) atoms. The van der Waals surface area contributed by atoms with Crippen molar-refractivity contribution in [2.75, 3.05) is 39.6 Å². The van der Waals surface area contributed by atoms with Gasteiger partial charge in [-0.05, 0) is 0 Å². The van der Waals surface area contributed by atoms with E-state index in [1.165, 1.54) is 0 Å². The van der Waals surface area contributed by atoms with E-state index in [9.17, 15) is 122 Å². The summed E-state index contributed by atoms with van der Waals surface area (Å²) in [6.45, 7) is -4.70. The normalized spacial score (nSPS) is 47.2. The Bertz CT molecular complexity index is 2020. The molecule has 6 saturated heterocycles. The van der Waals surface area contributed by atoms with Crippen molar-refractivity contribution in [2.24, 2.45) is 0 Å². The zero-order valence-corrected chi connectivity index (χ0v) is 43.0. The van der Waals surface area contributed by atoms with E-state index in [-0.39, 0.29) is 0 Å². The summed E-state index contributed by atoms with van der Waals surface area (Å²) < 4.78 is 62.1. The van der Waals surface area contributed by atoms with Gasteiger partial charge in [0.2, 0.25) is 11.8 Å². The van der Waals surface area contributed by atoms with Crippen molar-refractivity contribution >= 4 is 17.8 Å². The Balaban J connectivity index is 1.21. The molecule has 6 fully saturated rings. The zero-order chi connectivity index (χ0) is 60.3. The molecular formula is C44H74N2O35. The average molecular weight is 1190 g/mol. The Morgan fingerprint density at radius 1 is 0.494 bits per heavy atom. The Hall–Kier alpha value is -2.83. The maximum absolute atomic E-state index is 13.0. The number of hydrogen-bond acceptors (Lipinski definition) is 34. The largest absolute Gasteiger partial charge is 0.477 e. The number of nitrogens with one attached hydrogen (secondary N) is 2. The highest BCUT2D eigenvalue weighted by atomic mass is 16.8. The van der Waals surface area contributed by atoms with Gasteiger partial charge in [-0.1, -0.05) is 0 Å². The van der Waals surface area contributed by atoms with Crippen LogP contribution in [0.15, 0.2) is 0 Å². The predicted molar refractivity (Wildman–Crippen MR) is 246 cm³/mol. The molecule has 0 spiro atoms. The minimum atomic E-state index is -3.21. The van der Waals surface area contributed by atoms with E-state index in [0.717, 1.165) is 13.8 Å². The van der Waals surface area contributed by atoms with Crippen LogP contribution >= 0.6 is 0 Å². The Morgan fingerprint density at radius 2 is 0.938 bits per heavy atom. The van der Waals surface area contributed by atoms with Crippen LogP contribution in [0, 0.1) is 0 Å². The van der Waals surface area contributed by atoms with Crippen LogP contribution in [0.5, 0.6) is 0 Å². The van der Waals surface area contributed by atoms with Crippen molar-refractivity contribution in [3.05, 3.63) is 0 Å². The minimum absolute atomic E-state index is 0.832. The third-order valence-electron chi connectivity index (χ3n) is 14.5. The predicted octanol–water partition coefficient (Wildman–Crippen LogP) is -15.2. The molecule has 0 aromatic rings. The van der Waals surface area contributed by atoms with E-state index in [1.54, 1.807) is 0 Å². The molecule has 2 amide bonds. The van der Waals surface area contributed by atoms with Gasteiger partial charge in [-0.2, -0.15) is 0 Å². The first-order chi connectivity index (χ1) is 38.1. The molecule has 0 bridgehead atoms. The first kappa shape index (κ1) is 67.3. The Kier molecular flexibility index (Phi) is 23.7. The van der Waals surface area contributed by atoms with Crippen molar-refractivity contribution in [2.45, 2.75) is 216 Å². The fourth-order valence-corrected chi connectivity index (χ4v) is 10.2. The van der Waals surface area contributed by atoms with Crippen LogP contribution in [-0.4, -0.2) is 360 Å². The summed E-state index contributed by atoms with van der Waals surface area (Å²) in [4.78, 5) is 37.7. The van der Waals surface area contributed by atoms with Crippen molar-refractivity contribution in [3.8, 4) is 0 Å². The molecule has 0 aromatic carbocycles. The molecule has 6 aliphatic heterocycles. The van der Waals surface area contributed by atoms with Gasteiger partial charge in [0, 0.05) is 20.3 Å². The van der Waals surface area contributed by atoms with E-state index < -0.39 is 260 Å². The fourth-order valence-electron chi connectivity index (χ4n) is 10.2. The molecule has 32 atom stereocenters. The second kappa shape index (κ2) is 28.6. The third-order valence-corrected chi connectivity index (χ3v) is 14.5. The Labute approximate surface area is 457 Å². The van der Waals surface area contributed by atoms with Crippen molar-refractivity contribution in [1.82, 2.24) is 10.6 Å².